The van der Waals surface area contributed by atoms with Gasteiger partial charge in [-0.15, -0.1) is 0 Å². The monoisotopic (exact) mass is 389 g/mol. The lowest BCUT2D eigenvalue weighted by Gasteiger charge is -2.22. The second-order valence-corrected chi connectivity index (χ2v) is 6.45. The van der Waals surface area contributed by atoms with Crippen molar-refractivity contribution in [3.05, 3.63) is 21.1 Å². The summed E-state index contributed by atoms with van der Waals surface area (Å²) in [6, 6.07) is 3.58. The second-order valence-electron chi connectivity index (χ2n) is 4.68. The van der Waals surface area contributed by atoms with Crippen LogP contribution in [0.5, 0.6) is 0 Å². The molecule has 1 aliphatic rings. The van der Waals surface area contributed by atoms with Crippen molar-refractivity contribution in [1.29, 1.82) is 0 Å². The van der Waals surface area contributed by atoms with Gasteiger partial charge in [-0.1, -0.05) is 28.8 Å². The third-order valence-corrected chi connectivity index (χ3v) is 4.29. The van der Waals surface area contributed by atoms with Gasteiger partial charge in [0.25, 0.3) is 0 Å². The number of benzene rings is 1. The number of nitrogens with one attached hydrogen (secondary N) is 1. The maximum absolute atomic E-state index is 12.2. The first kappa shape index (κ1) is 14.7. The zero-order valence-corrected chi connectivity index (χ0v) is 13.8. The summed E-state index contributed by atoms with van der Waals surface area (Å²) in [4.78, 5) is 14.1. The molecule has 0 spiro atoms. The summed E-state index contributed by atoms with van der Waals surface area (Å²) in [5, 5.41) is 2.90. The van der Waals surface area contributed by atoms with E-state index in [4.69, 9.17) is 5.73 Å². The van der Waals surface area contributed by atoms with Crippen LogP contribution in [0, 0.1) is 0 Å². The van der Waals surface area contributed by atoms with Crippen LogP contribution in [0.3, 0.4) is 0 Å². The lowest BCUT2D eigenvalue weighted by Crippen LogP contribution is -2.35. The van der Waals surface area contributed by atoms with Crippen LogP contribution in [0.2, 0.25) is 0 Å². The number of nitrogen functional groups attached to an aromatic ring is 1. The molecular formula is C13H17Br2N3O. The number of likely N-dealkylation sites (tertiary alicyclic amines) is 1. The number of nitrogens with two attached hydrogens (primary N) is 1. The van der Waals surface area contributed by atoms with Gasteiger partial charge in [-0.05, 0) is 40.9 Å². The summed E-state index contributed by atoms with van der Waals surface area (Å²) in [5.74, 6) is 0. The number of anilines is 2. The van der Waals surface area contributed by atoms with Gasteiger partial charge in [-0.2, -0.15) is 0 Å². The molecule has 0 aliphatic carbocycles. The summed E-state index contributed by atoms with van der Waals surface area (Å²) in [5.41, 5.74) is 7.12. The number of hydrogen-bond acceptors (Lipinski definition) is 2. The van der Waals surface area contributed by atoms with Crippen LogP contribution >= 0.6 is 31.9 Å². The van der Waals surface area contributed by atoms with Gasteiger partial charge in [0, 0.05) is 22.0 Å². The lowest BCUT2D eigenvalue weighted by molar-refractivity contribution is 0.214. The molecule has 0 radical (unpaired) electrons. The number of rotatable bonds is 1. The van der Waals surface area contributed by atoms with E-state index in [1.165, 1.54) is 12.8 Å². The Balaban J connectivity index is 2.10. The molecule has 2 rings (SSSR count). The number of hydrogen-bond donors (Lipinski definition) is 2. The molecule has 1 saturated heterocycles. The summed E-state index contributed by atoms with van der Waals surface area (Å²) >= 11 is 6.79. The molecule has 3 N–H and O–H groups in total. The van der Waals surface area contributed by atoms with Crippen LogP contribution in [0.1, 0.15) is 25.7 Å². The minimum atomic E-state index is -0.0726. The maximum atomic E-state index is 12.2. The standard InChI is InChI=1S/C13H17Br2N3O/c14-9-7-10(15)12(11(16)8-9)17-13(19)18-5-3-1-2-4-6-18/h7-8H,1-6,16H2,(H,17,19). The topological polar surface area (TPSA) is 58.4 Å². The molecule has 1 aliphatic heterocycles. The summed E-state index contributed by atoms with van der Waals surface area (Å²) in [6.07, 6.45) is 4.55. The molecule has 6 heteroatoms. The average Bonchev–Trinajstić information content (AvgIpc) is 2.62. The zero-order valence-electron chi connectivity index (χ0n) is 10.6. The van der Waals surface area contributed by atoms with Crippen molar-refractivity contribution in [3.8, 4) is 0 Å². The Hall–Kier alpha value is -0.750. The summed E-state index contributed by atoms with van der Waals surface area (Å²) < 4.78 is 1.66. The predicted octanol–water partition coefficient (Wildman–Crippen LogP) is 4.20. The normalized spacial score (nSPS) is 16.0. The Morgan fingerprint density at radius 2 is 1.79 bits per heavy atom. The third-order valence-electron chi connectivity index (χ3n) is 3.21. The van der Waals surface area contributed by atoms with Crippen molar-refractivity contribution in [2.45, 2.75) is 25.7 Å². The van der Waals surface area contributed by atoms with Crippen molar-refractivity contribution < 1.29 is 4.79 Å². The van der Waals surface area contributed by atoms with Crippen molar-refractivity contribution in [2.24, 2.45) is 0 Å². The smallest absolute Gasteiger partial charge is 0.321 e. The fourth-order valence-electron chi connectivity index (χ4n) is 2.19. The van der Waals surface area contributed by atoms with E-state index in [2.05, 4.69) is 37.2 Å². The quantitative estimate of drug-likeness (QED) is 0.706. The highest BCUT2D eigenvalue weighted by molar-refractivity contribution is 9.11. The van der Waals surface area contributed by atoms with Gasteiger partial charge in [-0.25, -0.2) is 4.79 Å². The van der Waals surface area contributed by atoms with E-state index in [0.717, 1.165) is 34.9 Å². The van der Waals surface area contributed by atoms with Crippen LogP contribution in [-0.4, -0.2) is 24.0 Å². The van der Waals surface area contributed by atoms with E-state index in [1.54, 1.807) is 6.07 Å². The Kier molecular flexibility index (Phi) is 5.10. The van der Waals surface area contributed by atoms with E-state index in [9.17, 15) is 4.79 Å². The molecule has 1 heterocycles. The Morgan fingerprint density at radius 1 is 1.16 bits per heavy atom. The zero-order chi connectivity index (χ0) is 13.8. The van der Waals surface area contributed by atoms with Crippen LogP contribution < -0.4 is 11.1 Å². The summed E-state index contributed by atoms with van der Waals surface area (Å²) in [6.45, 7) is 1.64. The van der Waals surface area contributed by atoms with Gasteiger partial charge >= 0.3 is 6.03 Å². The summed E-state index contributed by atoms with van der Waals surface area (Å²) in [7, 11) is 0. The van der Waals surface area contributed by atoms with Gasteiger partial charge in [0.2, 0.25) is 0 Å². The van der Waals surface area contributed by atoms with E-state index in [1.807, 2.05) is 11.0 Å². The van der Waals surface area contributed by atoms with E-state index >= 15 is 0 Å². The van der Waals surface area contributed by atoms with Gasteiger partial charge < -0.3 is 16.0 Å². The number of amides is 2. The number of halogens is 2. The molecule has 104 valence electrons. The molecular weight excluding hydrogens is 374 g/mol. The first-order valence-corrected chi connectivity index (χ1v) is 7.97. The van der Waals surface area contributed by atoms with Crippen LogP contribution in [-0.2, 0) is 0 Å². The molecule has 0 unspecified atom stereocenters. The fraction of sp³-hybridized carbons (Fsp3) is 0.462. The molecule has 4 nitrogen and oxygen atoms in total. The second kappa shape index (κ2) is 6.61. The van der Waals surface area contributed by atoms with Gasteiger partial charge in [-0.3, -0.25) is 0 Å². The average molecular weight is 391 g/mol. The number of carbonyl (C=O) groups is 1. The van der Waals surface area contributed by atoms with E-state index in [-0.39, 0.29) is 6.03 Å². The lowest BCUT2D eigenvalue weighted by atomic mass is 10.2. The SMILES string of the molecule is Nc1cc(Br)cc(Br)c1NC(=O)N1CCCCCC1. The Bertz CT molecular complexity index is 448. The molecule has 0 atom stereocenters. The fourth-order valence-corrected chi connectivity index (χ4v) is 3.54. The van der Waals surface area contributed by atoms with Gasteiger partial charge in [0.15, 0.2) is 0 Å². The van der Waals surface area contributed by atoms with E-state index < -0.39 is 0 Å². The van der Waals surface area contributed by atoms with Crippen molar-refractivity contribution >= 4 is 49.3 Å². The molecule has 0 aromatic heterocycles. The highest BCUT2D eigenvalue weighted by Gasteiger charge is 2.17. The molecule has 0 saturated carbocycles. The number of carbonyl (C=O) groups excluding carboxylic acids is 1. The molecule has 1 aromatic carbocycles. The van der Waals surface area contributed by atoms with Gasteiger partial charge in [0.1, 0.15) is 0 Å². The van der Waals surface area contributed by atoms with Crippen LogP contribution in [0.15, 0.2) is 21.1 Å². The van der Waals surface area contributed by atoms with Crippen molar-refractivity contribution in [3.63, 3.8) is 0 Å². The maximum Gasteiger partial charge on any atom is 0.321 e. The molecule has 1 aromatic rings. The third kappa shape index (κ3) is 3.86. The largest absolute Gasteiger partial charge is 0.397 e. The minimum Gasteiger partial charge on any atom is -0.397 e. The molecule has 19 heavy (non-hydrogen) atoms. The van der Waals surface area contributed by atoms with Crippen LogP contribution in [0.4, 0.5) is 16.2 Å². The first-order chi connectivity index (χ1) is 9.08. The van der Waals surface area contributed by atoms with E-state index in [0.29, 0.717) is 11.4 Å². The minimum absolute atomic E-state index is 0.0726. The highest BCUT2D eigenvalue weighted by Crippen LogP contribution is 2.32. The highest BCUT2D eigenvalue weighted by atomic mass is 79.9. The number of nitrogens with zero attached hydrogens (tertiary/aromatic N) is 1. The molecule has 0 bridgehead atoms. The van der Waals surface area contributed by atoms with Crippen LogP contribution in [0.25, 0.3) is 0 Å². The Morgan fingerprint density at radius 3 is 2.37 bits per heavy atom. The molecule has 2 amide bonds. The molecule has 1 fully saturated rings. The van der Waals surface area contributed by atoms with Crippen molar-refractivity contribution in [2.75, 3.05) is 24.1 Å². The van der Waals surface area contributed by atoms with Gasteiger partial charge in [0.05, 0.1) is 11.4 Å². The first-order valence-electron chi connectivity index (χ1n) is 6.38. The Labute approximate surface area is 130 Å². The number of urea groups is 1. The van der Waals surface area contributed by atoms with Crippen molar-refractivity contribution in [1.82, 2.24) is 4.90 Å². The predicted molar refractivity (Wildman–Crippen MR) is 85.3 cm³/mol.